The van der Waals surface area contributed by atoms with Crippen molar-refractivity contribution in [2.75, 3.05) is 7.05 Å². The zero-order valence-electron chi connectivity index (χ0n) is 8.86. The number of hydrogen-bond donors (Lipinski definition) is 1. The summed E-state index contributed by atoms with van der Waals surface area (Å²) < 4.78 is 0. The normalized spacial score (nSPS) is 12.9. The molecule has 0 fully saturated rings. The van der Waals surface area contributed by atoms with Crippen LogP contribution in [0.4, 0.5) is 0 Å². The van der Waals surface area contributed by atoms with Gasteiger partial charge in [0.05, 0.1) is 16.7 Å². The van der Waals surface area contributed by atoms with E-state index in [1.165, 1.54) is 5.56 Å². The highest BCUT2D eigenvalue weighted by Crippen LogP contribution is 2.21. The molecule has 2 aromatic rings. The zero-order chi connectivity index (χ0) is 10.7. The summed E-state index contributed by atoms with van der Waals surface area (Å²) in [6.07, 6.45) is 1.02. The second-order valence-corrected chi connectivity index (χ2v) is 5.31. The van der Waals surface area contributed by atoms with Gasteiger partial charge in [0.15, 0.2) is 0 Å². The molecule has 80 valence electrons. The summed E-state index contributed by atoms with van der Waals surface area (Å²) in [5.41, 5.74) is 2.54. The van der Waals surface area contributed by atoms with E-state index >= 15 is 0 Å². The third kappa shape index (κ3) is 2.65. The van der Waals surface area contributed by atoms with Gasteiger partial charge in [0.1, 0.15) is 0 Å². The third-order valence-electron chi connectivity index (χ3n) is 2.36. The Morgan fingerprint density at radius 2 is 2.33 bits per heavy atom. The van der Waals surface area contributed by atoms with E-state index in [-0.39, 0.29) is 0 Å². The molecule has 1 atom stereocenters. The van der Waals surface area contributed by atoms with E-state index in [4.69, 9.17) is 0 Å². The predicted molar refractivity (Wildman–Crippen MR) is 66.7 cm³/mol. The molecular formula is C11H14N2S2. The quantitative estimate of drug-likeness (QED) is 0.885. The van der Waals surface area contributed by atoms with E-state index in [0.717, 1.165) is 17.1 Å². The lowest BCUT2D eigenvalue weighted by Crippen LogP contribution is -2.18. The number of nitrogens with zero attached hydrogens (tertiary/aromatic N) is 1. The highest BCUT2D eigenvalue weighted by molar-refractivity contribution is 7.09. The van der Waals surface area contributed by atoms with Crippen LogP contribution in [0.25, 0.3) is 0 Å². The zero-order valence-corrected chi connectivity index (χ0v) is 10.5. The van der Waals surface area contributed by atoms with Crippen molar-refractivity contribution in [2.45, 2.75) is 19.4 Å². The van der Waals surface area contributed by atoms with E-state index in [1.54, 1.807) is 22.7 Å². The van der Waals surface area contributed by atoms with Crippen LogP contribution >= 0.6 is 22.7 Å². The highest BCUT2D eigenvalue weighted by atomic mass is 32.1. The van der Waals surface area contributed by atoms with Crippen molar-refractivity contribution in [3.63, 3.8) is 0 Å². The molecule has 15 heavy (non-hydrogen) atoms. The van der Waals surface area contributed by atoms with Gasteiger partial charge in [-0.1, -0.05) is 0 Å². The Hall–Kier alpha value is -0.710. The summed E-state index contributed by atoms with van der Waals surface area (Å²) in [6.45, 7) is 2.05. The van der Waals surface area contributed by atoms with E-state index in [1.807, 2.05) is 14.0 Å². The van der Waals surface area contributed by atoms with Crippen LogP contribution in [0.1, 0.15) is 22.3 Å². The molecule has 2 nitrogen and oxygen atoms in total. The third-order valence-corrected chi connectivity index (χ3v) is 3.89. The summed E-state index contributed by atoms with van der Waals surface area (Å²) in [5, 5.41) is 10.9. The van der Waals surface area contributed by atoms with Gasteiger partial charge in [0.2, 0.25) is 0 Å². The first-order chi connectivity index (χ1) is 7.29. The van der Waals surface area contributed by atoms with E-state index in [2.05, 4.69) is 32.5 Å². The molecule has 0 radical (unpaired) electrons. The molecular weight excluding hydrogens is 224 g/mol. The molecule has 1 N–H and O–H groups in total. The fourth-order valence-electron chi connectivity index (χ4n) is 1.54. The van der Waals surface area contributed by atoms with Gasteiger partial charge >= 0.3 is 0 Å². The average molecular weight is 238 g/mol. The largest absolute Gasteiger partial charge is 0.311 e. The maximum Gasteiger partial charge on any atom is 0.0898 e. The fraction of sp³-hybridized carbons (Fsp3) is 0.364. The van der Waals surface area contributed by atoms with Crippen LogP contribution < -0.4 is 5.32 Å². The first kappa shape index (κ1) is 10.8. The molecule has 0 aliphatic carbocycles. The second-order valence-electron chi connectivity index (χ2n) is 3.47. The van der Waals surface area contributed by atoms with Crippen LogP contribution in [0.15, 0.2) is 22.2 Å². The fourth-order valence-corrected chi connectivity index (χ4v) is 2.89. The Bertz CT molecular complexity index is 406. The number of nitrogens with one attached hydrogen (secondary N) is 1. The van der Waals surface area contributed by atoms with Gasteiger partial charge in [0.25, 0.3) is 0 Å². The van der Waals surface area contributed by atoms with Crippen molar-refractivity contribution in [1.82, 2.24) is 10.3 Å². The summed E-state index contributed by atoms with van der Waals surface area (Å²) in [4.78, 5) is 4.52. The maximum atomic E-state index is 4.52. The number of thiazole rings is 1. The SMILES string of the molecule is CNC(Cc1ccsc1)c1csc(C)n1. The molecule has 0 aliphatic rings. The van der Waals surface area contributed by atoms with Crippen LogP contribution in [0.5, 0.6) is 0 Å². The molecule has 0 spiro atoms. The minimum Gasteiger partial charge on any atom is -0.311 e. The van der Waals surface area contributed by atoms with Gasteiger partial charge < -0.3 is 5.32 Å². The number of aromatic nitrogens is 1. The lowest BCUT2D eigenvalue weighted by atomic mass is 10.1. The van der Waals surface area contributed by atoms with Gasteiger partial charge in [-0.05, 0) is 42.8 Å². The number of aryl methyl sites for hydroxylation is 1. The number of likely N-dealkylation sites (N-methyl/N-ethyl adjacent to an activating group) is 1. The van der Waals surface area contributed by atoms with E-state index in [0.29, 0.717) is 6.04 Å². The van der Waals surface area contributed by atoms with Crippen LogP contribution in [0.2, 0.25) is 0 Å². The van der Waals surface area contributed by atoms with Gasteiger partial charge in [-0.3, -0.25) is 0 Å². The van der Waals surface area contributed by atoms with Crippen LogP contribution in [0.3, 0.4) is 0 Å². The monoisotopic (exact) mass is 238 g/mol. The van der Waals surface area contributed by atoms with Gasteiger partial charge in [-0.15, -0.1) is 11.3 Å². The van der Waals surface area contributed by atoms with Gasteiger partial charge in [-0.2, -0.15) is 11.3 Å². The molecule has 0 amide bonds. The minimum absolute atomic E-state index is 0.338. The molecule has 0 saturated carbocycles. The lowest BCUT2D eigenvalue weighted by molar-refractivity contribution is 0.579. The van der Waals surface area contributed by atoms with Crippen molar-refractivity contribution in [3.05, 3.63) is 38.5 Å². The number of hydrogen-bond acceptors (Lipinski definition) is 4. The molecule has 0 aromatic carbocycles. The summed E-state index contributed by atoms with van der Waals surface area (Å²) in [6, 6.07) is 2.51. The first-order valence-corrected chi connectivity index (χ1v) is 6.72. The van der Waals surface area contributed by atoms with Crippen LogP contribution in [0, 0.1) is 6.92 Å². The molecule has 2 aromatic heterocycles. The molecule has 0 saturated heterocycles. The molecule has 4 heteroatoms. The Kier molecular flexibility index (Phi) is 3.51. The lowest BCUT2D eigenvalue weighted by Gasteiger charge is -2.12. The summed E-state index contributed by atoms with van der Waals surface area (Å²) >= 11 is 3.46. The Morgan fingerprint density at radius 1 is 1.47 bits per heavy atom. The predicted octanol–water partition coefficient (Wildman–Crippen LogP) is 3.02. The van der Waals surface area contributed by atoms with Crippen LogP contribution in [-0.4, -0.2) is 12.0 Å². The van der Waals surface area contributed by atoms with Crippen molar-refractivity contribution in [2.24, 2.45) is 0 Å². The average Bonchev–Trinajstić information content (AvgIpc) is 2.85. The number of thiophene rings is 1. The minimum atomic E-state index is 0.338. The maximum absolute atomic E-state index is 4.52. The van der Waals surface area contributed by atoms with Crippen LogP contribution in [-0.2, 0) is 6.42 Å². The highest BCUT2D eigenvalue weighted by Gasteiger charge is 2.12. The molecule has 0 bridgehead atoms. The number of rotatable bonds is 4. The van der Waals surface area contributed by atoms with Crippen molar-refractivity contribution in [3.8, 4) is 0 Å². The standard InChI is InChI=1S/C11H14N2S2/c1-8-13-11(7-15-8)10(12-2)5-9-3-4-14-6-9/h3-4,6-7,10,12H,5H2,1-2H3. The summed E-state index contributed by atoms with van der Waals surface area (Å²) in [5.74, 6) is 0. The van der Waals surface area contributed by atoms with Crippen molar-refractivity contribution < 1.29 is 0 Å². The van der Waals surface area contributed by atoms with E-state index < -0.39 is 0 Å². The molecule has 0 aliphatic heterocycles. The van der Waals surface area contributed by atoms with Crippen molar-refractivity contribution >= 4 is 22.7 Å². The molecule has 2 rings (SSSR count). The smallest absolute Gasteiger partial charge is 0.0898 e. The van der Waals surface area contributed by atoms with Crippen molar-refractivity contribution in [1.29, 1.82) is 0 Å². The van der Waals surface area contributed by atoms with Gasteiger partial charge in [0, 0.05) is 5.38 Å². The Labute approximate surface area is 98.0 Å². The summed E-state index contributed by atoms with van der Waals surface area (Å²) in [7, 11) is 1.99. The van der Waals surface area contributed by atoms with Gasteiger partial charge in [-0.25, -0.2) is 4.98 Å². The molecule has 2 heterocycles. The topological polar surface area (TPSA) is 24.9 Å². The Morgan fingerprint density at radius 3 is 2.87 bits per heavy atom. The second kappa shape index (κ2) is 4.88. The Balaban J connectivity index is 2.11. The molecule has 1 unspecified atom stereocenters. The van der Waals surface area contributed by atoms with E-state index in [9.17, 15) is 0 Å². The first-order valence-electron chi connectivity index (χ1n) is 4.90.